The SMILES string of the molecule is COc1ccccc1OCC(=O)N/N=C/c1c[nH]c2ccccc12. The van der Waals surface area contributed by atoms with Crippen molar-refractivity contribution in [1.82, 2.24) is 10.4 Å². The number of aromatic amines is 1. The molecule has 3 aromatic rings. The molecule has 1 heterocycles. The van der Waals surface area contributed by atoms with Crippen LogP contribution in [0.4, 0.5) is 0 Å². The smallest absolute Gasteiger partial charge is 0.277 e. The molecule has 122 valence electrons. The number of para-hydroxylation sites is 3. The lowest BCUT2D eigenvalue weighted by atomic mass is 10.2. The average molecular weight is 323 g/mol. The van der Waals surface area contributed by atoms with E-state index in [0.29, 0.717) is 11.5 Å². The predicted octanol–water partition coefficient (Wildman–Crippen LogP) is 2.71. The van der Waals surface area contributed by atoms with Gasteiger partial charge in [-0.2, -0.15) is 5.10 Å². The molecule has 1 amide bonds. The summed E-state index contributed by atoms with van der Waals surface area (Å²) in [6.07, 6.45) is 3.44. The maximum atomic E-state index is 11.8. The second-order valence-electron chi connectivity index (χ2n) is 5.02. The summed E-state index contributed by atoms with van der Waals surface area (Å²) in [7, 11) is 1.55. The zero-order valence-corrected chi connectivity index (χ0v) is 13.2. The van der Waals surface area contributed by atoms with Gasteiger partial charge >= 0.3 is 0 Å². The Morgan fingerprint density at radius 3 is 2.75 bits per heavy atom. The van der Waals surface area contributed by atoms with Gasteiger partial charge in [0.25, 0.3) is 5.91 Å². The summed E-state index contributed by atoms with van der Waals surface area (Å²) in [5.41, 5.74) is 4.36. The zero-order valence-electron chi connectivity index (χ0n) is 13.2. The third kappa shape index (κ3) is 3.55. The van der Waals surface area contributed by atoms with E-state index in [-0.39, 0.29) is 12.5 Å². The molecule has 6 nitrogen and oxygen atoms in total. The first-order chi connectivity index (χ1) is 11.8. The van der Waals surface area contributed by atoms with Gasteiger partial charge in [-0.05, 0) is 18.2 Å². The molecule has 24 heavy (non-hydrogen) atoms. The van der Waals surface area contributed by atoms with Crippen LogP contribution in [-0.2, 0) is 4.79 Å². The largest absolute Gasteiger partial charge is 0.493 e. The topological polar surface area (TPSA) is 75.7 Å². The fourth-order valence-electron chi connectivity index (χ4n) is 2.29. The number of nitrogens with one attached hydrogen (secondary N) is 2. The minimum Gasteiger partial charge on any atom is -0.493 e. The lowest BCUT2D eigenvalue weighted by molar-refractivity contribution is -0.123. The lowest BCUT2D eigenvalue weighted by Crippen LogP contribution is -2.24. The predicted molar refractivity (Wildman–Crippen MR) is 92.5 cm³/mol. The Balaban J connectivity index is 1.56. The van der Waals surface area contributed by atoms with E-state index in [0.717, 1.165) is 16.5 Å². The van der Waals surface area contributed by atoms with Crippen LogP contribution in [0.3, 0.4) is 0 Å². The number of carbonyl (C=O) groups excluding carboxylic acids is 1. The molecule has 0 spiro atoms. The number of benzene rings is 2. The standard InChI is InChI=1S/C18H17N3O3/c1-23-16-8-4-5-9-17(16)24-12-18(22)21-20-11-13-10-19-15-7-3-2-6-14(13)15/h2-11,19H,12H2,1H3,(H,21,22)/b20-11+. The Morgan fingerprint density at radius 2 is 1.92 bits per heavy atom. The van der Waals surface area contributed by atoms with Crippen molar-refractivity contribution in [3.05, 3.63) is 60.3 Å². The van der Waals surface area contributed by atoms with Crippen LogP contribution in [-0.4, -0.2) is 30.8 Å². The molecule has 0 unspecified atom stereocenters. The Morgan fingerprint density at radius 1 is 1.17 bits per heavy atom. The van der Waals surface area contributed by atoms with Gasteiger partial charge in [0.1, 0.15) is 0 Å². The average Bonchev–Trinajstić information content (AvgIpc) is 3.03. The zero-order chi connectivity index (χ0) is 16.8. The van der Waals surface area contributed by atoms with Crippen LogP contribution in [0.5, 0.6) is 11.5 Å². The van der Waals surface area contributed by atoms with Gasteiger partial charge in [-0.15, -0.1) is 0 Å². The quantitative estimate of drug-likeness (QED) is 0.541. The molecule has 1 aromatic heterocycles. The number of hydrazone groups is 1. The van der Waals surface area contributed by atoms with Gasteiger partial charge in [0.15, 0.2) is 18.1 Å². The van der Waals surface area contributed by atoms with Crippen LogP contribution in [0.25, 0.3) is 10.9 Å². The van der Waals surface area contributed by atoms with E-state index in [2.05, 4.69) is 15.5 Å². The number of carbonyl (C=O) groups is 1. The van der Waals surface area contributed by atoms with Gasteiger partial charge in [-0.1, -0.05) is 30.3 Å². The number of H-pyrrole nitrogens is 1. The van der Waals surface area contributed by atoms with Crippen molar-refractivity contribution in [2.75, 3.05) is 13.7 Å². The second-order valence-corrected chi connectivity index (χ2v) is 5.02. The monoisotopic (exact) mass is 323 g/mol. The molecule has 3 rings (SSSR count). The molecule has 0 aliphatic rings. The van der Waals surface area contributed by atoms with Gasteiger partial charge in [0.2, 0.25) is 0 Å². The lowest BCUT2D eigenvalue weighted by Gasteiger charge is -2.09. The summed E-state index contributed by atoms with van der Waals surface area (Å²) in [5, 5.41) is 5.01. The summed E-state index contributed by atoms with van der Waals surface area (Å²) < 4.78 is 10.6. The molecule has 0 fully saturated rings. The van der Waals surface area contributed by atoms with E-state index in [1.807, 2.05) is 42.6 Å². The van der Waals surface area contributed by atoms with Crippen molar-refractivity contribution < 1.29 is 14.3 Å². The number of fused-ring (bicyclic) bond motifs is 1. The highest BCUT2D eigenvalue weighted by Crippen LogP contribution is 2.25. The number of rotatable bonds is 6. The number of hydrogen-bond acceptors (Lipinski definition) is 4. The Kier molecular flexibility index (Phi) is 4.76. The molecule has 0 bridgehead atoms. The van der Waals surface area contributed by atoms with Crippen LogP contribution in [0.15, 0.2) is 59.8 Å². The molecular weight excluding hydrogens is 306 g/mol. The minimum absolute atomic E-state index is 0.147. The molecule has 0 saturated heterocycles. The summed E-state index contributed by atoms with van der Waals surface area (Å²) in [5.74, 6) is 0.736. The Bertz CT molecular complexity index is 871. The number of ether oxygens (including phenoxy) is 2. The minimum atomic E-state index is -0.350. The molecule has 0 aliphatic heterocycles. The van der Waals surface area contributed by atoms with Gasteiger partial charge < -0.3 is 14.5 Å². The molecule has 0 atom stereocenters. The van der Waals surface area contributed by atoms with Crippen molar-refractivity contribution in [1.29, 1.82) is 0 Å². The molecule has 0 aliphatic carbocycles. The molecule has 2 aromatic carbocycles. The summed E-state index contributed by atoms with van der Waals surface area (Å²) in [6.45, 7) is -0.147. The van der Waals surface area contributed by atoms with Gasteiger partial charge in [-0.3, -0.25) is 4.79 Å². The fraction of sp³-hybridized carbons (Fsp3) is 0.111. The number of amides is 1. The highest BCUT2D eigenvalue weighted by molar-refractivity contribution is 5.99. The maximum Gasteiger partial charge on any atom is 0.277 e. The maximum absolute atomic E-state index is 11.8. The van der Waals surface area contributed by atoms with Crippen LogP contribution in [0, 0.1) is 0 Å². The van der Waals surface area contributed by atoms with Gasteiger partial charge in [0.05, 0.1) is 13.3 Å². The van der Waals surface area contributed by atoms with E-state index in [4.69, 9.17) is 9.47 Å². The van der Waals surface area contributed by atoms with E-state index in [9.17, 15) is 4.79 Å². The number of hydrogen-bond donors (Lipinski definition) is 2. The highest BCUT2D eigenvalue weighted by Gasteiger charge is 2.06. The Labute approximate surface area is 139 Å². The number of aromatic nitrogens is 1. The molecular formula is C18H17N3O3. The highest BCUT2D eigenvalue weighted by atomic mass is 16.5. The first kappa shape index (κ1) is 15.6. The van der Waals surface area contributed by atoms with Crippen LogP contribution < -0.4 is 14.9 Å². The number of nitrogens with zero attached hydrogens (tertiary/aromatic N) is 1. The van der Waals surface area contributed by atoms with Crippen molar-refractivity contribution >= 4 is 23.0 Å². The van der Waals surface area contributed by atoms with Crippen molar-refractivity contribution in [2.24, 2.45) is 5.10 Å². The first-order valence-electron chi connectivity index (χ1n) is 7.42. The van der Waals surface area contributed by atoms with E-state index in [1.54, 1.807) is 25.5 Å². The van der Waals surface area contributed by atoms with E-state index >= 15 is 0 Å². The van der Waals surface area contributed by atoms with E-state index in [1.165, 1.54) is 0 Å². The van der Waals surface area contributed by atoms with Crippen LogP contribution >= 0.6 is 0 Å². The van der Waals surface area contributed by atoms with Crippen molar-refractivity contribution in [3.63, 3.8) is 0 Å². The second kappa shape index (κ2) is 7.32. The van der Waals surface area contributed by atoms with Gasteiger partial charge in [-0.25, -0.2) is 5.43 Å². The van der Waals surface area contributed by atoms with Gasteiger partial charge in [0, 0.05) is 22.7 Å². The first-order valence-corrected chi connectivity index (χ1v) is 7.42. The Hall–Kier alpha value is -3.28. The fourth-order valence-corrected chi connectivity index (χ4v) is 2.29. The number of methoxy groups -OCH3 is 1. The molecule has 0 saturated carbocycles. The summed E-state index contributed by atoms with van der Waals surface area (Å²) in [6, 6.07) is 15.0. The molecule has 2 N–H and O–H groups in total. The normalized spacial score (nSPS) is 10.9. The van der Waals surface area contributed by atoms with Crippen LogP contribution in [0.1, 0.15) is 5.56 Å². The van der Waals surface area contributed by atoms with E-state index < -0.39 is 0 Å². The van der Waals surface area contributed by atoms with Crippen LogP contribution in [0.2, 0.25) is 0 Å². The molecule has 6 heteroatoms. The molecule has 0 radical (unpaired) electrons. The summed E-state index contributed by atoms with van der Waals surface area (Å²) in [4.78, 5) is 15.0. The third-order valence-corrected chi connectivity index (χ3v) is 3.44. The van der Waals surface area contributed by atoms with Crippen molar-refractivity contribution in [3.8, 4) is 11.5 Å². The van der Waals surface area contributed by atoms with Crippen molar-refractivity contribution in [2.45, 2.75) is 0 Å². The third-order valence-electron chi connectivity index (χ3n) is 3.44. The summed E-state index contributed by atoms with van der Waals surface area (Å²) >= 11 is 0.